The molecule has 0 bridgehead atoms. The van der Waals surface area contributed by atoms with E-state index in [2.05, 4.69) is 15.9 Å². The number of rotatable bonds is 3. The number of hydrogen-bond acceptors (Lipinski definition) is 3. The molecule has 0 amide bonds. The molecule has 0 aromatic heterocycles. The first kappa shape index (κ1) is 12.7. The third-order valence-corrected chi connectivity index (χ3v) is 4.23. The zero-order valence-corrected chi connectivity index (χ0v) is 11.6. The van der Waals surface area contributed by atoms with Crippen LogP contribution >= 0.6 is 15.9 Å². The standard InChI is InChI=1S/C13H12BrFO4/c14-7-5-8-12(19-4-3-18-8)11(15)10(7)13(1-2-13)6-9(16)17/h5H,1-4,6H2,(H,16,17). The molecule has 1 aliphatic heterocycles. The number of carbonyl (C=O) groups is 1. The van der Waals surface area contributed by atoms with Gasteiger partial charge in [-0.3, -0.25) is 4.79 Å². The molecule has 19 heavy (non-hydrogen) atoms. The predicted molar refractivity (Wildman–Crippen MR) is 68.3 cm³/mol. The van der Waals surface area contributed by atoms with E-state index in [0.717, 1.165) is 0 Å². The van der Waals surface area contributed by atoms with Crippen molar-refractivity contribution in [1.82, 2.24) is 0 Å². The lowest BCUT2D eigenvalue weighted by Gasteiger charge is -2.24. The van der Waals surface area contributed by atoms with Crippen molar-refractivity contribution >= 4 is 21.9 Å². The summed E-state index contributed by atoms with van der Waals surface area (Å²) in [6.07, 6.45) is 1.28. The SMILES string of the molecule is O=C(O)CC1(c2c(Br)cc3c(c2F)OCCO3)CC1. The third-order valence-electron chi connectivity index (χ3n) is 3.60. The molecule has 0 spiro atoms. The van der Waals surface area contributed by atoms with Gasteiger partial charge in [-0.05, 0) is 18.9 Å². The molecule has 1 aliphatic carbocycles. The van der Waals surface area contributed by atoms with Crippen LogP contribution in [0.3, 0.4) is 0 Å². The number of aliphatic carboxylic acids is 1. The van der Waals surface area contributed by atoms with Gasteiger partial charge in [-0.2, -0.15) is 0 Å². The van der Waals surface area contributed by atoms with Crippen LogP contribution in [0.1, 0.15) is 24.8 Å². The lowest BCUT2D eigenvalue weighted by atomic mass is 9.91. The van der Waals surface area contributed by atoms with Crippen LogP contribution in [0.5, 0.6) is 11.5 Å². The summed E-state index contributed by atoms with van der Waals surface area (Å²) in [7, 11) is 0. The Kier molecular flexibility index (Phi) is 2.92. The van der Waals surface area contributed by atoms with Crippen molar-refractivity contribution in [3.63, 3.8) is 0 Å². The minimum Gasteiger partial charge on any atom is -0.486 e. The van der Waals surface area contributed by atoms with E-state index in [1.165, 1.54) is 0 Å². The van der Waals surface area contributed by atoms with Gasteiger partial charge in [0.25, 0.3) is 0 Å². The molecule has 1 fully saturated rings. The molecule has 0 saturated heterocycles. The van der Waals surface area contributed by atoms with E-state index in [4.69, 9.17) is 14.6 Å². The average Bonchev–Trinajstić information content (AvgIpc) is 3.08. The van der Waals surface area contributed by atoms with Gasteiger partial charge >= 0.3 is 5.97 Å². The van der Waals surface area contributed by atoms with Gasteiger partial charge in [-0.25, -0.2) is 4.39 Å². The van der Waals surface area contributed by atoms with Crippen LogP contribution in [-0.4, -0.2) is 24.3 Å². The molecular formula is C13H12BrFO4. The van der Waals surface area contributed by atoms with Crippen molar-refractivity contribution in [2.45, 2.75) is 24.7 Å². The number of benzene rings is 1. The number of halogens is 2. The van der Waals surface area contributed by atoms with Crippen molar-refractivity contribution < 1.29 is 23.8 Å². The molecule has 4 nitrogen and oxygen atoms in total. The van der Waals surface area contributed by atoms with Crippen molar-refractivity contribution in [2.75, 3.05) is 13.2 Å². The molecule has 0 radical (unpaired) electrons. The summed E-state index contributed by atoms with van der Waals surface area (Å²) in [6, 6.07) is 1.66. The Hall–Kier alpha value is -1.30. The molecule has 2 aliphatic rings. The second-order valence-electron chi connectivity index (χ2n) is 4.92. The first-order valence-corrected chi connectivity index (χ1v) is 6.83. The van der Waals surface area contributed by atoms with Crippen LogP contribution in [0.15, 0.2) is 10.5 Å². The number of ether oxygens (including phenoxy) is 2. The zero-order valence-electron chi connectivity index (χ0n) is 10.0. The molecule has 1 aromatic carbocycles. The number of fused-ring (bicyclic) bond motifs is 1. The Morgan fingerprint density at radius 1 is 1.42 bits per heavy atom. The third kappa shape index (κ3) is 2.08. The quantitative estimate of drug-likeness (QED) is 0.925. The van der Waals surface area contributed by atoms with Gasteiger partial charge in [0.15, 0.2) is 17.3 Å². The van der Waals surface area contributed by atoms with Crippen molar-refractivity contribution in [2.24, 2.45) is 0 Å². The van der Waals surface area contributed by atoms with E-state index in [-0.39, 0.29) is 12.2 Å². The maximum absolute atomic E-state index is 14.6. The largest absolute Gasteiger partial charge is 0.486 e. The summed E-state index contributed by atoms with van der Waals surface area (Å²) in [5.41, 5.74) is -0.205. The summed E-state index contributed by atoms with van der Waals surface area (Å²) in [4.78, 5) is 10.9. The van der Waals surface area contributed by atoms with E-state index in [0.29, 0.717) is 41.8 Å². The van der Waals surface area contributed by atoms with Crippen molar-refractivity contribution in [3.8, 4) is 11.5 Å². The highest BCUT2D eigenvalue weighted by atomic mass is 79.9. The first-order valence-electron chi connectivity index (χ1n) is 6.03. The van der Waals surface area contributed by atoms with Crippen LogP contribution < -0.4 is 9.47 Å². The summed E-state index contributed by atoms with van der Waals surface area (Å²) < 4.78 is 25.8. The lowest BCUT2D eigenvalue weighted by Crippen LogP contribution is -2.20. The number of carboxylic acids is 1. The molecular weight excluding hydrogens is 319 g/mol. The highest BCUT2D eigenvalue weighted by Crippen LogP contribution is 2.56. The Bertz CT molecular complexity index is 554. The lowest BCUT2D eigenvalue weighted by molar-refractivity contribution is -0.137. The van der Waals surface area contributed by atoms with E-state index < -0.39 is 17.2 Å². The minimum atomic E-state index is -0.918. The molecule has 102 valence electrons. The van der Waals surface area contributed by atoms with Crippen molar-refractivity contribution in [3.05, 3.63) is 21.9 Å². The van der Waals surface area contributed by atoms with E-state index in [1.54, 1.807) is 6.07 Å². The normalized spacial score (nSPS) is 19.1. The van der Waals surface area contributed by atoms with Crippen LogP contribution in [0.4, 0.5) is 4.39 Å². The summed E-state index contributed by atoms with van der Waals surface area (Å²) in [6.45, 7) is 0.690. The zero-order chi connectivity index (χ0) is 13.6. The van der Waals surface area contributed by atoms with Crippen molar-refractivity contribution in [1.29, 1.82) is 0 Å². The molecule has 0 unspecified atom stereocenters. The summed E-state index contributed by atoms with van der Waals surface area (Å²) in [5.74, 6) is -0.951. The molecule has 1 N–H and O–H groups in total. The maximum Gasteiger partial charge on any atom is 0.304 e. The second-order valence-corrected chi connectivity index (χ2v) is 5.78. The molecule has 6 heteroatoms. The van der Waals surface area contributed by atoms with Gasteiger partial charge in [0, 0.05) is 15.5 Å². The smallest absolute Gasteiger partial charge is 0.304 e. The highest BCUT2D eigenvalue weighted by Gasteiger charge is 2.50. The maximum atomic E-state index is 14.6. The number of carboxylic acid groups (broad SMARTS) is 1. The van der Waals surface area contributed by atoms with Gasteiger partial charge < -0.3 is 14.6 Å². The fraction of sp³-hybridized carbons (Fsp3) is 0.462. The fourth-order valence-corrected chi connectivity index (χ4v) is 3.36. The Balaban J connectivity index is 2.09. The fourth-order valence-electron chi connectivity index (χ4n) is 2.56. The molecule has 1 saturated carbocycles. The monoisotopic (exact) mass is 330 g/mol. The van der Waals surface area contributed by atoms with Crippen LogP contribution in [0, 0.1) is 5.82 Å². The Morgan fingerprint density at radius 2 is 2.11 bits per heavy atom. The Labute approximate surface area is 117 Å². The summed E-state index contributed by atoms with van der Waals surface area (Å²) >= 11 is 3.32. The summed E-state index contributed by atoms with van der Waals surface area (Å²) in [5, 5.41) is 8.98. The predicted octanol–water partition coefficient (Wildman–Crippen LogP) is 2.87. The van der Waals surface area contributed by atoms with Crippen LogP contribution in [0.25, 0.3) is 0 Å². The molecule has 1 heterocycles. The van der Waals surface area contributed by atoms with Gasteiger partial charge in [0.2, 0.25) is 0 Å². The minimum absolute atomic E-state index is 0.0673. The van der Waals surface area contributed by atoms with E-state index >= 15 is 0 Å². The first-order chi connectivity index (χ1) is 9.03. The molecule has 1 aromatic rings. The van der Waals surface area contributed by atoms with Gasteiger partial charge in [-0.1, -0.05) is 15.9 Å². The highest BCUT2D eigenvalue weighted by molar-refractivity contribution is 9.10. The Morgan fingerprint density at radius 3 is 2.74 bits per heavy atom. The molecule has 0 atom stereocenters. The van der Waals surface area contributed by atoms with E-state index in [1.807, 2.05) is 0 Å². The molecule has 3 rings (SSSR count). The van der Waals surface area contributed by atoms with Gasteiger partial charge in [0.1, 0.15) is 13.2 Å². The van der Waals surface area contributed by atoms with Gasteiger partial charge in [0.05, 0.1) is 6.42 Å². The topological polar surface area (TPSA) is 55.8 Å². The van der Waals surface area contributed by atoms with E-state index in [9.17, 15) is 9.18 Å². The average molecular weight is 331 g/mol. The van der Waals surface area contributed by atoms with Crippen LogP contribution in [0.2, 0.25) is 0 Å². The van der Waals surface area contributed by atoms with Crippen LogP contribution in [-0.2, 0) is 10.2 Å². The number of hydrogen-bond donors (Lipinski definition) is 1. The van der Waals surface area contributed by atoms with Gasteiger partial charge in [-0.15, -0.1) is 0 Å². The second kappa shape index (κ2) is 4.37.